The lowest BCUT2D eigenvalue weighted by molar-refractivity contribution is 0.102. The van der Waals surface area contributed by atoms with Crippen LogP contribution in [-0.4, -0.2) is 30.9 Å². The molecule has 4 aromatic heterocycles. The molecule has 0 aliphatic heterocycles. The monoisotopic (exact) mass is 454 g/mol. The summed E-state index contributed by atoms with van der Waals surface area (Å²) in [7, 11) is 0. The van der Waals surface area contributed by atoms with Gasteiger partial charge in [-0.15, -0.1) is 21.5 Å². The van der Waals surface area contributed by atoms with Gasteiger partial charge in [-0.3, -0.25) is 10.1 Å². The van der Waals surface area contributed by atoms with Crippen LogP contribution in [0.4, 0.5) is 5.13 Å². The smallest absolute Gasteiger partial charge is 0.258 e. The minimum atomic E-state index is -0.228. The number of aromatic nitrogens is 5. The first kappa shape index (κ1) is 21.6. The number of amides is 1. The minimum absolute atomic E-state index is 0.128. The molecule has 4 aromatic rings. The molecule has 0 saturated heterocycles. The standard InChI is InChI=1S/C22H26N6OS2/c1-11(2)7-19-26-27-22(31-19)25-21(29)16-9-18(15-8-13(5)30-14(15)6)24-20-17(16)10-23-28(20)12(3)4/h8-12H,7H2,1-6H3,(H,25,27,29). The number of pyridine rings is 1. The van der Waals surface area contributed by atoms with E-state index in [-0.39, 0.29) is 11.9 Å². The fraction of sp³-hybridized carbons (Fsp3) is 0.409. The molecule has 0 fully saturated rings. The number of carbonyl (C=O) groups excluding carboxylic acids is 1. The van der Waals surface area contributed by atoms with Gasteiger partial charge in [0.25, 0.3) is 5.91 Å². The van der Waals surface area contributed by atoms with Crippen LogP contribution in [0.3, 0.4) is 0 Å². The van der Waals surface area contributed by atoms with Crippen LogP contribution in [0.2, 0.25) is 0 Å². The van der Waals surface area contributed by atoms with Crippen LogP contribution in [0.25, 0.3) is 22.3 Å². The Balaban J connectivity index is 1.77. The molecule has 7 nitrogen and oxygen atoms in total. The van der Waals surface area contributed by atoms with E-state index in [0.29, 0.717) is 22.3 Å². The molecule has 1 N–H and O–H groups in total. The molecule has 0 radical (unpaired) electrons. The number of aryl methyl sites for hydroxylation is 2. The number of nitrogens with one attached hydrogen (secondary N) is 1. The van der Waals surface area contributed by atoms with E-state index < -0.39 is 0 Å². The summed E-state index contributed by atoms with van der Waals surface area (Å²) in [6, 6.07) is 4.10. The van der Waals surface area contributed by atoms with Gasteiger partial charge in [0.15, 0.2) is 5.65 Å². The predicted octanol–water partition coefficient (Wildman–Crippen LogP) is 5.66. The molecule has 9 heteroatoms. The summed E-state index contributed by atoms with van der Waals surface area (Å²) in [6.45, 7) is 12.5. The quantitative estimate of drug-likeness (QED) is 0.406. The first-order valence-electron chi connectivity index (χ1n) is 10.3. The zero-order valence-electron chi connectivity index (χ0n) is 18.6. The molecule has 4 rings (SSSR count). The summed E-state index contributed by atoms with van der Waals surface area (Å²) in [5, 5.41) is 17.9. The Hall–Kier alpha value is -2.65. The Morgan fingerprint density at radius 2 is 1.90 bits per heavy atom. The third-order valence-corrected chi connectivity index (χ3v) is 6.71. The number of anilines is 1. The van der Waals surface area contributed by atoms with Gasteiger partial charge in [-0.2, -0.15) is 5.10 Å². The molecule has 1 amide bonds. The zero-order valence-corrected chi connectivity index (χ0v) is 20.2. The van der Waals surface area contributed by atoms with Gasteiger partial charge in [0.2, 0.25) is 5.13 Å². The van der Waals surface area contributed by atoms with E-state index in [2.05, 4.69) is 68.2 Å². The number of hydrogen-bond donors (Lipinski definition) is 1. The van der Waals surface area contributed by atoms with Crippen LogP contribution in [0, 0.1) is 19.8 Å². The summed E-state index contributed by atoms with van der Waals surface area (Å²) < 4.78 is 1.86. The number of carbonyl (C=O) groups is 1. The third-order valence-electron chi connectivity index (χ3n) is 4.89. The van der Waals surface area contributed by atoms with Crippen molar-refractivity contribution < 1.29 is 4.79 Å². The molecule has 0 aromatic carbocycles. The fourth-order valence-corrected chi connectivity index (χ4v) is 5.39. The van der Waals surface area contributed by atoms with Crippen molar-refractivity contribution in [1.82, 2.24) is 25.0 Å². The highest BCUT2D eigenvalue weighted by atomic mass is 32.1. The Labute approximate surface area is 189 Å². The van der Waals surface area contributed by atoms with Gasteiger partial charge in [-0.05, 0) is 45.7 Å². The zero-order chi connectivity index (χ0) is 22.3. The lowest BCUT2D eigenvalue weighted by atomic mass is 10.1. The highest BCUT2D eigenvalue weighted by Crippen LogP contribution is 2.33. The highest BCUT2D eigenvalue weighted by molar-refractivity contribution is 7.15. The van der Waals surface area contributed by atoms with Gasteiger partial charge in [0, 0.05) is 27.8 Å². The second kappa shape index (κ2) is 8.47. The molecular formula is C22H26N6OS2. The maximum Gasteiger partial charge on any atom is 0.258 e. The van der Waals surface area contributed by atoms with Gasteiger partial charge in [0.1, 0.15) is 5.01 Å². The van der Waals surface area contributed by atoms with Gasteiger partial charge >= 0.3 is 0 Å². The van der Waals surface area contributed by atoms with Crippen molar-refractivity contribution in [3.05, 3.63) is 38.7 Å². The van der Waals surface area contributed by atoms with Crippen molar-refractivity contribution in [3.63, 3.8) is 0 Å². The lowest BCUT2D eigenvalue weighted by Crippen LogP contribution is -2.13. The average Bonchev–Trinajstić information content (AvgIpc) is 3.38. The molecule has 31 heavy (non-hydrogen) atoms. The van der Waals surface area contributed by atoms with E-state index in [1.165, 1.54) is 21.1 Å². The molecule has 4 heterocycles. The Bertz CT molecular complexity index is 1250. The van der Waals surface area contributed by atoms with E-state index in [4.69, 9.17) is 4.98 Å². The van der Waals surface area contributed by atoms with Crippen molar-refractivity contribution in [2.45, 2.75) is 54.0 Å². The number of nitrogens with zero attached hydrogens (tertiary/aromatic N) is 5. The van der Waals surface area contributed by atoms with E-state index in [0.717, 1.165) is 28.1 Å². The van der Waals surface area contributed by atoms with Crippen molar-refractivity contribution in [3.8, 4) is 11.3 Å². The molecule has 0 aliphatic carbocycles. The van der Waals surface area contributed by atoms with Crippen molar-refractivity contribution >= 4 is 44.7 Å². The summed E-state index contributed by atoms with van der Waals surface area (Å²) >= 11 is 3.14. The maximum absolute atomic E-state index is 13.3. The SMILES string of the molecule is Cc1cc(-c2cc(C(=O)Nc3nnc(CC(C)C)s3)c3cnn(C(C)C)c3n2)c(C)s1. The van der Waals surface area contributed by atoms with E-state index in [9.17, 15) is 4.79 Å². The van der Waals surface area contributed by atoms with Crippen LogP contribution >= 0.6 is 22.7 Å². The number of hydrogen-bond acceptors (Lipinski definition) is 7. The maximum atomic E-state index is 13.3. The van der Waals surface area contributed by atoms with Crippen molar-refractivity contribution in [1.29, 1.82) is 0 Å². The molecular weight excluding hydrogens is 428 g/mol. The number of rotatable bonds is 6. The topological polar surface area (TPSA) is 85.6 Å². The van der Waals surface area contributed by atoms with Crippen LogP contribution in [0.1, 0.15) is 58.9 Å². The largest absolute Gasteiger partial charge is 0.296 e. The first-order valence-corrected chi connectivity index (χ1v) is 12.0. The van der Waals surface area contributed by atoms with Gasteiger partial charge in [-0.25, -0.2) is 9.67 Å². The first-order chi connectivity index (χ1) is 14.7. The van der Waals surface area contributed by atoms with Crippen LogP contribution in [-0.2, 0) is 6.42 Å². The van der Waals surface area contributed by atoms with Crippen molar-refractivity contribution in [2.75, 3.05) is 5.32 Å². The minimum Gasteiger partial charge on any atom is -0.296 e. The molecule has 0 atom stereocenters. The van der Waals surface area contributed by atoms with Gasteiger partial charge in [-0.1, -0.05) is 25.2 Å². The van der Waals surface area contributed by atoms with E-state index in [1.807, 2.05) is 10.7 Å². The van der Waals surface area contributed by atoms with Crippen LogP contribution < -0.4 is 5.32 Å². The Morgan fingerprint density at radius 3 is 2.55 bits per heavy atom. The van der Waals surface area contributed by atoms with Crippen LogP contribution in [0.15, 0.2) is 18.3 Å². The summed E-state index contributed by atoms with van der Waals surface area (Å²) in [5.41, 5.74) is 3.07. The van der Waals surface area contributed by atoms with Crippen LogP contribution in [0.5, 0.6) is 0 Å². The number of thiophene rings is 1. The molecule has 0 bridgehead atoms. The molecule has 162 valence electrons. The van der Waals surface area contributed by atoms with E-state index in [1.54, 1.807) is 17.5 Å². The highest BCUT2D eigenvalue weighted by Gasteiger charge is 2.21. The second-order valence-corrected chi connectivity index (χ2v) is 10.9. The summed E-state index contributed by atoms with van der Waals surface area (Å²) in [6.07, 6.45) is 2.56. The Morgan fingerprint density at radius 1 is 1.13 bits per heavy atom. The molecule has 0 aliphatic rings. The van der Waals surface area contributed by atoms with Crippen molar-refractivity contribution in [2.24, 2.45) is 5.92 Å². The summed E-state index contributed by atoms with van der Waals surface area (Å²) in [5.74, 6) is 0.256. The lowest BCUT2D eigenvalue weighted by Gasteiger charge is -2.10. The normalized spacial score (nSPS) is 11.7. The van der Waals surface area contributed by atoms with E-state index >= 15 is 0 Å². The fourth-order valence-electron chi connectivity index (χ4n) is 3.51. The van der Waals surface area contributed by atoms with Gasteiger partial charge in [0.05, 0.1) is 22.8 Å². The predicted molar refractivity (Wildman–Crippen MR) is 127 cm³/mol. The number of fused-ring (bicyclic) bond motifs is 1. The third kappa shape index (κ3) is 4.38. The molecule has 0 spiro atoms. The molecule has 0 unspecified atom stereocenters. The average molecular weight is 455 g/mol. The molecule has 0 saturated carbocycles. The second-order valence-electron chi connectivity index (χ2n) is 8.36. The summed E-state index contributed by atoms with van der Waals surface area (Å²) in [4.78, 5) is 20.6. The van der Waals surface area contributed by atoms with Gasteiger partial charge < -0.3 is 0 Å². The Kier molecular flexibility index (Phi) is 5.90.